The normalized spacial score (nSPS) is 10.1. The molecular weight excluding hydrogens is 568 g/mol. The molecule has 44 heavy (non-hydrogen) atoms. The van der Waals surface area contributed by atoms with Crippen molar-refractivity contribution in [1.29, 1.82) is 0 Å². The highest BCUT2D eigenvalue weighted by Gasteiger charge is 2.09. The lowest BCUT2D eigenvalue weighted by Gasteiger charge is -2.11. The predicted molar refractivity (Wildman–Crippen MR) is 162 cm³/mol. The third-order valence-corrected chi connectivity index (χ3v) is 5.71. The van der Waals surface area contributed by atoms with E-state index < -0.39 is 11.9 Å². The van der Waals surface area contributed by atoms with Gasteiger partial charge in [0.1, 0.15) is 28.7 Å². The zero-order valence-corrected chi connectivity index (χ0v) is 24.4. The maximum absolute atomic E-state index is 12.5. The summed E-state index contributed by atoms with van der Waals surface area (Å²) in [5.74, 6) is 1.99. The lowest BCUT2D eigenvalue weighted by atomic mass is 10.2. The van der Waals surface area contributed by atoms with Crippen molar-refractivity contribution in [2.24, 2.45) is 0 Å². The summed E-state index contributed by atoms with van der Waals surface area (Å²) in [4.78, 5) is 33.1. The van der Waals surface area contributed by atoms with Gasteiger partial charge < -0.3 is 33.3 Å². The number of esters is 2. The van der Waals surface area contributed by atoms with Crippen LogP contribution in [0.1, 0.15) is 36.0 Å². The van der Waals surface area contributed by atoms with Crippen LogP contribution in [-0.4, -0.2) is 45.2 Å². The van der Waals surface area contributed by atoms with Gasteiger partial charge in [-0.25, -0.2) is 9.59 Å². The third-order valence-electron chi connectivity index (χ3n) is 5.71. The van der Waals surface area contributed by atoms with Crippen molar-refractivity contribution >= 4 is 11.9 Å². The molecule has 3 aromatic rings. The molecule has 0 heterocycles. The maximum Gasteiger partial charge on any atom is 0.343 e. The molecule has 0 aromatic heterocycles. The van der Waals surface area contributed by atoms with Crippen molar-refractivity contribution in [1.82, 2.24) is 0 Å². The van der Waals surface area contributed by atoms with Gasteiger partial charge in [0, 0.05) is 6.08 Å². The Morgan fingerprint density at radius 3 is 1.66 bits per heavy atom. The van der Waals surface area contributed by atoms with Crippen molar-refractivity contribution in [2.75, 3.05) is 33.2 Å². The fourth-order valence-corrected chi connectivity index (χ4v) is 3.45. The lowest BCUT2D eigenvalue weighted by Crippen LogP contribution is -2.09. The average molecular weight is 605 g/mol. The van der Waals surface area contributed by atoms with E-state index in [0.717, 1.165) is 24.7 Å². The van der Waals surface area contributed by atoms with Gasteiger partial charge in [0.25, 0.3) is 0 Å². The van der Waals surface area contributed by atoms with Crippen molar-refractivity contribution in [3.05, 3.63) is 110 Å². The number of rotatable bonds is 21. The average Bonchev–Trinajstić information content (AvgIpc) is 3.05. The Bertz CT molecular complexity index is 1330. The molecule has 0 saturated carbocycles. The van der Waals surface area contributed by atoms with Gasteiger partial charge >= 0.3 is 11.9 Å². The van der Waals surface area contributed by atoms with Gasteiger partial charge in [-0.1, -0.05) is 18.9 Å². The molecule has 0 N–H and O–H groups in total. The number of ether oxygens (including phenoxy) is 6. The molecule has 3 aromatic carbocycles. The van der Waals surface area contributed by atoms with Crippen LogP contribution in [0.3, 0.4) is 0 Å². The monoisotopic (exact) mass is 604 g/mol. The summed E-state index contributed by atoms with van der Waals surface area (Å²) in [6.07, 6.45) is 5.38. The fraction of sp³-hybridized carbons (Fsp3) is 0.265. The van der Waals surface area contributed by atoms with Crippen molar-refractivity contribution in [3.63, 3.8) is 0 Å². The maximum atomic E-state index is 12.5. The Balaban J connectivity index is 1.30. The number of hydrogen-bond donors (Lipinski definition) is 0. The first kappa shape index (κ1) is 33.3. The first-order valence-electron chi connectivity index (χ1n) is 14.0. The molecule has 10 heteroatoms. The second-order valence-corrected chi connectivity index (χ2v) is 8.99. The van der Waals surface area contributed by atoms with Crippen LogP contribution in [0.2, 0.25) is 0 Å². The summed E-state index contributed by atoms with van der Waals surface area (Å²) in [7, 11) is 0. The summed E-state index contributed by atoms with van der Waals surface area (Å²) < 4.78 is 33.0. The van der Waals surface area contributed by atoms with E-state index in [9.17, 15) is 9.59 Å². The van der Waals surface area contributed by atoms with E-state index in [-0.39, 0.29) is 6.79 Å². The van der Waals surface area contributed by atoms with E-state index in [1.54, 1.807) is 60.7 Å². The molecule has 232 valence electrons. The van der Waals surface area contributed by atoms with E-state index >= 15 is 0 Å². The van der Waals surface area contributed by atoms with E-state index in [4.69, 9.17) is 33.3 Å². The van der Waals surface area contributed by atoms with Gasteiger partial charge in [-0.05, 0) is 98.5 Å². The van der Waals surface area contributed by atoms with Crippen LogP contribution in [0.15, 0.2) is 104 Å². The van der Waals surface area contributed by atoms with Crippen LogP contribution in [0.5, 0.6) is 28.7 Å². The van der Waals surface area contributed by atoms with E-state index in [0.29, 0.717) is 67.8 Å². The molecule has 0 unspecified atom stereocenters. The largest absolute Gasteiger partial charge is 0.494 e. The third kappa shape index (κ3) is 13.2. The molecule has 0 fully saturated rings. The summed E-state index contributed by atoms with van der Waals surface area (Å²) in [6.45, 7) is 8.49. The number of carbonyl (C=O) groups is 2. The van der Waals surface area contributed by atoms with Crippen molar-refractivity contribution < 1.29 is 47.8 Å². The summed E-state index contributed by atoms with van der Waals surface area (Å²) in [5, 5.41) is 0. The number of hydrogen-bond acceptors (Lipinski definition) is 10. The minimum absolute atomic E-state index is 0.000362. The van der Waals surface area contributed by atoms with Crippen LogP contribution in [0, 0.1) is 0 Å². The number of carbonyl (C=O) groups excluding carboxylic acids is 2. The molecule has 0 saturated heterocycles. The zero-order valence-electron chi connectivity index (χ0n) is 24.4. The predicted octanol–water partition coefficient (Wildman–Crippen LogP) is 6.62. The smallest absolute Gasteiger partial charge is 0.343 e. The topological polar surface area (TPSA) is 108 Å². The van der Waals surface area contributed by atoms with Crippen LogP contribution in [0.4, 0.5) is 0 Å². The SMILES string of the molecule is C=C=COOCCCCOc1ccc(OCOc2ccc(OC(=O)c3ccc(OCCCCOC(=O)C=C)cc3)cc2)cc1. The van der Waals surface area contributed by atoms with Crippen molar-refractivity contribution in [3.8, 4) is 28.7 Å². The van der Waals surface area contributed by atoms with Crippen LogP contribution < -0.4 is 23.7 Å². The molecule has 0 atom stereocenters. The Morgan fingerprint density at radius 2 is 1.11 bits per heavy atom. The Kier molecular flexibility index (Phi) is 15.0. The highest BCUT2D eigenvalue weighted by molar-refractivity contribution is 5.91. The van der Waals surface area contributed by atoms with E-state index in [1.807, 2.05) is 12.1 Å². The van der Waals surface area contributed by atoms with Crippen LogP contribution >= 0.6 is 0 Å². The van der Waals surface area contributed by atoms with Gasteiger partial charge in [-0.3, -0.25) is 0 Å². The van der Waals surface area contributed by atoms with Gasteiger partial charge in [0.2, 0.25) is 6.79 Å². The van der Waals surface area contributed by atoms with Crippen molar-refractivity contribution in [2.45, 2.75) is 25.7 Å². The Morgan fingerprint density at radius 1 is 0.636 bits per heavy atom. The zero-order chi connectivity index (χ0) is 31.2. The fourth-order valence-electron chi connectivity index (χ4n) is 3.45. The quantitative estimate of drug-likeness (QED) is 0.0152. The summed E-state index contributed by atoms with van der Waals surface area (Å²) >= 11 is 0. The first-order chi connectivity index (χ1) is 21.6. The van der Waals surface area contributed by atoms with Crippen LogP contribution in [-0.2, 0) is 19.3 Å². The van der Waals surface area contributed by atoms with E-state index in [1.165, 1.54) is 6.26 Å². The number of unbranched alkanes of at least 4 members (excludes halogenated alkanes) is 2. The highest BCUT2D eigenvalue weighted by Crippen LogP contribution is 2.21. The van der Waals surface area contributed by atoms with Crippen LogP contribution in [0.25, 0.3) is 0 Å². The molecule has 0 bridgehead atoms. The van der Waals surface area contributed by atoms with Gasteiger partial charge in [-0.2, -0.15) is 4.89 Å². The summed E-state index contributed by atoms with van der Waals surface area (Å²) in [6, 6.07) is 20.6. The Labute approximate surface area is 256 Å². The molecule has 0 amide bonds. The Hall–Kier alpha value is -5.18. The molecular formula is C34H36O10. The highest BCUT2D eigenvalue weighted by atomic mass is 17.2. The molecule has 0 radical (unpaired) electrons. The standard InChI is InChI=1S/C34H36O10/c1-3-21-42-43-25-8-7-23-38-29-13-15-30(16-14-29)40-26-41-31-17-19-32(20-18-31)44-34(36)27-9-11-28(12-10-27)37-22-5-6-24-39-33(35)4-2/h4,9-21H,1-2,5-8,22-26H2. The second-order valence-electron chi connectivity index (χ2n) is 8.99. The van der Waals surface area contributed by atoms with Gasteiger partial charge in [-0.15, -0.1) is 0 Å². The summed E-state index contributed by atoms with van der Waals surface area (Å²) in [5.41, 5.74) is 2.83. The molecule has 0 aliphatic heterocycles. The minimum Gasteiger partial charge on any atom is -0.494 e. The van der Waals surface area contributed by atoms with Gasteiger partial charge in [0.05, 0.1) is 32.0 Å². The van der Waals surface area contributed by atoms with Gasteiger partial charge in [0.15, 0.2) is 6.26 Å². The lowest BCUT2D eigenvalue weighted by molar-refractivity contribution is -0.249. The first-order valence-corrected chi connectivity index (χ1v) is 14.0. The molecule has 0 spiro atoms. The number of benzene rings is 3. The minimum atomic E-state index is -0.495. The van der Waals surface area contributed by atoms with E-state index in [2.05, 4.69) is 23.8 Å². The molecule has 0 aliphatic rings. The molecule has 3 rings (SSSR count). The molecule has 10 nitrogen and oxygen atoms in total. The molecule has 0 aliphatic carbocycles. The second kappa shape index (κ2) is 19.9.